The molecule has 1 saturated heterocycles. The third-order valence-corrected chi connectivity index (χ3v) is 4.51. The third-order valence-electron chi connectivity index (χ3n) is 4.20. The van der Waals surface area contributed by atoms with Gasteiger partial charge in [-0.05, 0) is 62.7 Å². The normalized spacial score (nSPS) is 14.3. The Labute approximate surface area is 172 Å². The van der Waals surface area contributed by atoms with E-state index >= 15 is 0 Å². The van der Waals surface area contributed by atoms with Gasteiger partial charge in [0.15, 0.2) is 0 Å². The molecule has 0 atom stereocenters. The van der Waals surface area contributed by atoms with E-state index in [1.165, 1.54) is 29.2 Å². The van der Waals surface area contributed by atoms with Crippen LogP contribution in [-0.4, -0.2) is 46.9 Å². The summed E-state index contributed by atoms with van der Waals surface area (Å²) in [7, 11) is 0. The van der Waals surface area contributed by atoms with Crippen LogP contribution in [0.3, 0.4) is 0 Å². The Morgan fingerprint density at radius 3 is 2.45 bits per heavy atom. The van der Waals surface area contributed by atoms with Gasteiger partial charge < -0.3 is 19.5 Å². The van der Waals surface area contributed by atoms with Gasteiger partial charge in [0.2, 0.25) is 0 Å². The maximum atomic E-state index is 13.3. The summed E-state index contributed by atoms with van der Waals surface area (Å²) in [6, 6.07) is 8.38. The van der Waals surface area contributed by atoms with Gasteiger partial charge in [-0.3, -0.25) is 0 Å². The number of amides is 1. The molecule has 1 fully saturated rings. The van der Waals surface area contributed by atoms with Crippen LogP contribution in [0, 0.1) is 5.82 Å². The van der Waals surface area contributed by atoms with E-state index < -0.39 is 23.5 Å². The number of hydrogen-bond donors (Lipinski definition) is 1. The topological polar surface area (TPSA) is 76.1 Å². The lowest BCUT2D eigenvalue weighted by atomic mass is 10.0. The first-order chi connectivity index (χ1) is 13.5. The predicted molar refractivity (Wildman–Crippen MR) is 106 cm³/mol. The average molecular weight is 422 g/mol. The summed E-state index contributed by atoms with van der Waals surface area (Å²) >= 11 is 6.11. The van der Waals surface area contributed by atoms with E-state index in [-0.39, 0.29) is 16.7 Å². The fourth-order valence-electron chi connectivity index (χ4n) is 2.85. The smallest absolute Gasteiger partial charge is 0.410 e. The number of carboxylic acid groups (broad SMARTS) is 1. The lowest BCUT2D eigenvalue weighted by molar-refractivity contribution is -0.0221. The van der Waals surface area contributed by atoms with Crippen molar-refractivity contribution in [2.75, 3.05) is 13.1 Å². The van der Waals surface area contributed by atoms with Crippen molar-refractivity contribution in [1.29, 1.82) is 0 Å². The fraction of sp³-hybridized carbons (Fsp3) is 0.333. The molecule has 0 radical (unpaired) electrons. The van der Waals surface area contributed by atoms with Crippen LogP contribution in [0.2, 0.25) is 5.02 Å². The van der Waals surface area contributed by atoms with Gasteiger partial charge in [-0.15, -0.1) is 0 Å². The molecule has 0 spiro atoms. The van der Waals surface area contributed by atoms with Crippen LogP contribution >= 0.6 is 11.6 Å². The van der Waals surface area contributed by atoms with Crippen LogP contribution in [-0.2, 0) is 4.74 Å². The highest BCUT2D eigenvalue weighted by Crippen LogP contribution is 2.33. The van der Waals surface area contributed by atoms with Crippen molar-refractivity contribution in [3.8, 4) is 16.9 Å². The maximum absolute atomic E-state index is 13.3. The zero-order valence-corrected chi connectivity index (χ0v) is 17.0. The van der Waals surface area contributed by atoms with E-state index in [4.69, 9.17) is 21.1 Å². The number of likely N-dealkylation sites (tertiary alicyclic amines) is 1. The van der Waals surface area contributed by atoms with E-state index in [1.807, 2.05) is 0 Å². The van der Waals surface area contributed by atoms with Crippen LogP contribution in [0.1, 0.15) is 31.1 Å². The minimum absolute atomic E-state index is 0.0150. The molecule has 0 bridgehead atoms. The number of aromatic carboxylic acids is 1. The Morgan fingerprint density at radius 1 is 1.17 bits per heavy atom. The standard InChI is InChI=1S/C21H21ClFNO5/c1-21(2,3)29-20(27)24-10-16(11-24)28-15-7-12(6-13(8-15)19(25)26)17-5-4-14(23)9-18(17)22/h4-9,16H,10-11H2,1-3H3,(H,25,26). The first-order valence-electron chi connectivity index (χ1n) is 9.00. The predicted octanol–water partition coefficient (Wildman–Crippen LogP) is 4.84. The van der Waals surface area contributed by atoms with Crippen molar-refractivity contribution in [2.24, 2.45) is 0 Å². The molecule has 6 nitrogen and oxygen atoms in total. The molecular formula is C21H21ClFNO5. The Balaban J connectivity index is 1.76. The van der Waals surface area contributed by atoms with E-state index in [2.05, 4.69) is 0 Å². The lowest BCUT2D eigenvalue weighted by Gasteiger charge is -2.39. The first-order valence-corrected chi connectivity index (χ1v) is 9.38. The molecule has 2 aromatic carbocycles. The van der Waals surface area contributed by atoms with E-state index in [0.717, 1.165) is 6.07 Å². The van der Waals surface area contributed by atoms with Crippen molar-refractivity contribution in [3.63, 3.8) is 0 Å². The highest BCUT2D eigenvalue weighted by Gasteiger charge is 2.35. The monoisotopic (exact) mass is 421 g/mol. The summed E-state index contributed by atoms with van der Waals surface area (Å²) in [6.45, 7) is 6.03. The molecule has 0 aromatic heterocycles. The van der Waals surface area contributed by atoms with Gasteiger partial charge in [-0.1, -0.05) is 11.6 Å². The molecule has 0 unspecified atom stereocenters. The molecule has 1 amide bonds. The van der Waals surface area contributed by atoms with Gasteiger partial charge in [-0.2, -0.15) is 0 Å². The number of ether oxygens (including phenoxy) is 2. The number of carboxylic acids is 1. The van der Waals surface area contributed by atoms with Gasteiger partial charge >= 0.3 is 12.1 Å². The second-order valence-electron chi connectivity index (χ2n) is 7.80. The molecule has 0 saturated carbocycles. The van der Waals surface area contributed by atoms with Gasteiger partial charge in [0, 0.05) is 5.56 Å². The van der Waals surface area contributed by atoms with Gasteiger partial charge in [0.1, 0.15) is 23.3 Å². The van der Waals surface area contributed by atoms with Crippen LogP contribution < -0.4 is 4.74 Å². The van der Waals surface area contributed by atoms with Crippen molar-refractivity contribution < 1.29 is 28.6 Å². The van der Waals surface area contributed by atoms with E-state index in [0.29, 0.717) is 30.0 Å². The molecule has 29 heavy (non-hydrogen) atoms. The number of carbonyl (C=O) groups is 2. The molecular weight excluding hydrogens is 401 g/mol. The first kappa shape index (κ1) is 20.9. The number of halogens is 2. The van der Waals surface area contributed by atoms with Crippen molar-refractivity contribution in [2.45, 2.75) is 32.5 Å². The molecule has 1 heterocycles. The summed E-state index contributed by atoms with van der Waals surface area (Å²) in [5, 5.41) is 9.57. The largest absolute Gasteiger partial charge is 0.487 e. The van der Waals surface area contributed by atoms with Crippen LogP contribution in [0.5, 0.6) is 5.75 Å². The van der Waals surface area contributed by atoms with Crippen molar-refractivity contribution in [1.82, 2.24) is 4.90 Å². The summed E-state index contributed by atoms with van der Waals surface area (Å²) in [4.78, 5) is 25.0. The minimum Gasteiger partial charge on any atom is -0.487 e. The Kier molecular flexibility index (Phi) is 5.71. The Bertz CT molecular complexity index is 951. The van der Waals surface area contributed by atoms with Crippen molar-refractivity contribution >= 4 is 23.7 Å². The SMILES string of the molecule is CC(C)(C)OC(=O)N1CC(Oc2cc(C(=O)O)cc(-c3ccc(F)cc3Cl)c2)C1. The summed E-state index contributed by atoms with van der Waals surface area (Å²) < 4.78 is 24.5. The summed E-state index contributed by atoms with van der Waals surface area (Å²) in [5.41, 5.74) is 0.418. The molecule has 0 aliphatic carbocycles. The minimum atomic E-state index is -1.13. The van der Waals surface area contributed by atoms with Gasteiger partial charge in [0.25, 0.3) is 0 Å². The molecule has 1 aliphatic heterocycles. The van der Waals surface area contributed by atoms with Crippen molar-refractivity contribution in [3.05, 3.63) is 52.8 Å². The maximum Gasteiger partial charge on any atom is 0.410 e. The Hall–Kier alpha value is -2.80. The zero-order chi connectivity index (χ0) is 21.3. The van der Waals surface area contributed by atoms with E-state index in [1.54, 1.807) is 26.8 Å². The second kappa shape index (κ2) is 7.91. The Morgan fingerprint density at radius 2 is 1.86 bits per heavy atom. The van der Waals surface area contributed by atoms with Crippen LogP contribution in [0.4, 0.5) is 9.18 Å². The molecule has 1 aliphatic rings. The van der Waals surface area contributed by atoms with Crippen LogP contribution in [0.15, 0.2) is 36.4 Å². The summed E-state index contributed by atoms with van der Waals surface area (Å²) in [6.07, 6.45) is -0.710. The van der Waals surface area contributed by atoms with Gasteiger partial charge in [0.05, 0.1) is 23.7 Å². The molecule has 1 N–H and O–H groups in total. The number of carbonyl (C=O) groups excluding carboxylic acids is 1. The fourth-order valence-corrected chi connectivity index (χ4v) is 3.13. The highest BCUT2D eigenvalue weighted by atomic mass is 35.5. The molecule has 2 aromatic rings. The second-order valence-corrected chi connectivity index (χ2v) is 8.21. The molecule has 3 rings (SSSR count). The lowest BCUT2D eigenvalue weighted by Crippen LogP contribution is -2.57. The quantitative estimate of drug-likeness (QED) is 0.764. The van der Waals surface area contributed by atoms with E-state index in [9.17, 15) is 19.1 Å². The summed E-state index contributed by atoms with van der Waals surface area (Å²) in [5.74, 6) is -1.28. The zero-order valence-electron chi connectivity index (χ0n) is 16.2. The highest BCUT2D eigenvalue weighted by molar-refractivity contribution is 6.33. The number of benzene rings is 2. The van der Waals surface area contributed by atoms with Crippen LogP contribution in [0.25, 0.3) is 11.1 Å². The molecule has 8 heteroatoms. The van der Waals surface area contributed by atoms with Gasteiger partial charge in [-0.25, -0.2) is 14.0 Å². The number of rotatable bonds is 4. The average Bonchev–Trinajstić information content (AvgIpc) is 2.55. The third kappa shape index (κ3) is 5.17. The number of nitrogens with zero attached hydrogens (tertiary/aromatic N) is 1. The molecule has 154 valence electrons. The number of hydrogen-bond acceptors (Lipinski definition) is 4.